The molecule has 6 heteroatoms. The first-order chi connectivity index (χ1) is 37.5. The molecule has 0 aliphatic heterocycles. The minimum absolute atomic E-state index is 0.0838. The molecular weight excluding hydrogens is 937 g/mol. The molecule has 1 atom stereocenters. The molecule has 0 aromatic heterocycles. The van der Waals surface area contributed by atoms with Gasteiger partial charge in [0.05, 0.1) is 0 Å². The van der Waals surface area contributed by atoms with Crippen molar-refractivity contribution < 1.29 is 28.6 Å². The van der Waals surface area contributed by atoms with E-state index < -0.39 is 6.10 Å². The van der Waals surface area contributed by atoms with Crippen LogP contribution in [-0.2, 0) is 28.6 Å². The third kappa shape index (κ3) is 60.7. The highest BCUT2D eigenvalue weighted by Crippen LogP contribution is 2.16. The maximum atomic E-state index is 12.8. The first kappa shape index (κ1) is 71.8. The van der Waals surface area contributed by atoms with Gasteiger partial charge in [0.1, 0.15) is 13.2 Å². The normalized spacial score (nSPS) is 12.9. The van der Waals surface area contributed by atoms with Gasteiger partial charge in [0.25, 0.3) is 0 Å². The summed E-state index contributed by atoms with van der Waals surface area (Å²) in [6.07, 6.45) is 87.9. The van der Waals surface area contributed by atoms with Gasteiger partial charge in [0.15, 0.2) is 6.10 Å². The largest absolute Gasteiger partial charge is 0.462 e. The van der Waals surface area contributed by atoms with Crippen molar-refractivity contribution in [1.82, 2.24) is 0 Å². The number of unbranched alkanes of at least 4 members (excludes halogenated alkanes) is 25. The Kier molecular flexibility index (Phi) is 59.9. The second kappa shape index (κ2) is 63.3. The fraction of sp³-hybridized carbons (Fsp3) is 0.671. The summed E-state index contributed by atoms with van der Waals surface area (Å²) in [6, 6.07) is 0. The summed E-state index contributed by atoms with van der Waals surface area (Å²) in [5.41, 5.74) is 0. The summed E-state index contributed by atoms with van der Waals surface area (Å²) in [5.74, 6) is -0.908. The SMILES string of the molecule is CC/C=C\C/C=C\C/C=C\C/C=C\C/C=C\C/C=C\C/C=C\C/C=C\C/C=C\C/C=C\CCCCCCC(=O)OCC(COC(=O)CCCCCCCCCCC)OC(=O)CCCCCCCCCCCCCCCC. The summed E-state index contributed by atoms with van der Waals surface area (Å²) in [6.45, 7) is 6.49. The highest BCUT2D eigenvalue weighted by Gasteiger charge is 2.19. The van der Waals surface area contributed by atoms with E-state index in [1.54, 1.807) is 0 Å². The molecule has 0 bridgehead atoms. The van der Waals surface area contributed by atoms with Crippen LogP contribution in [0.25, 0.3) is 0 Å². The molecule has 0 fully saturated rings. The van der Waals surface area contributed by atoms with Crippen molar-refractivity contribution in [2.24, 2.45) is 0 Å². The maximum absolute atomic E-state index is 12.8. The van der Waals surface area contributed by atoms with Crippen LogP contribution in [0.15, 0.2) is 122 Å². The van der Waals surface area contributed by atoms with Gasteiger partial charge in [0, 0.05) is 19.3 Å². The smallest absolute Gasteiger partial charge is 0.306 e. The van der Waals surface area contributed by atoms with E-state index >= 15 is 0 Å². The lowest BCUT2D eigenvalue weighted by atomic mass is 10.0. The molecule has 0 spiro atoms. The molecule has 6 nitrogen and oxygen atoms in total. The summed E-state index contributed by atoms with van der Waals surface area (Å²) in [5, 5.41) is 0. The van der Waals surface area contributed by atoms with Gasteiger partial charge in [0.2, 0.25) is 0 Å². The first-order valence-electron chi connectivity index (χ1n) is 31.5. The second-order valence-corrected chi connectivity index (χ2v) is 20.6. The highest BCUT2D eigenvalue weighted by atomic mass is 16.6. The molecule has 0 radical (unpaired) electrons. The molecule has 0 rings (SSSR count). The van der Waals surface area contributed by atoms with E-state index in [4.69, 9.17) is 14.2 Å². The Bertz CT molecular complexity index is 1590. The number of carbonyl (C=O) groups excluding carboxylic acids is 3. The van der Waals surface area contributed by atoms with E-state index in [0.717, 1.165) is 135 Å². The lowest BCUT2D eigenvalue weighted by Gasteiger charge is -2.18. The highest BCUT2D eigenvalue weighted by molar-refractivity contribution is 5.71. The zero-order chi connectivity index (χ0) is 55.0. The van der Waals surface area contributed by atoms with Crippen LogP contribution in [-0.4, -0.2) is 37.2 Å². The van der Waals surface area contributed by atoms with Crippen molar-refractivity contribution in [2.45, 2.75) is 290 Å². The molecule has 0 amide bonds. The lowest BCUT2D eigenvalue weighted by molar-refractivity contribution is -0.167. The standard InChI is InChI=1S/C70H116O6/c1-4-7-10-13-16-19-21-23-25-26-27-28-29-30-31-32-33-34-35-36-37-38-39-40-41-42-43-44-45-47-48-51-54-57-60-63-69(72)75-66-67(65-74-68(71)62-59-56-53-50-18-15-12-9-6-3)76-70(73)64-61-58-55-52-49-46-24-22-20-17-14-11-8-5-2/h7,10,16,19,23,25,27-28,30-31,33-34,36-37,39-40,42-43,45,47,67H,4-6,8-9,11-15,17-18,20-22,24,26,29,32,35,38,41,44,46,48-66H2,1-3H3/b10-7-,19-16-,25-23-,28-27-,31-30-,34-33-,37-36-,40-39-,43-42-,47-45-. The molecule has 76 heavy (non-hydrogen) atoms. The van der Waals surface area contributed by atoms with Gasteiger partial charge >= 0.3 is 17.9 Å². The summed E-state index contributed by atoms with van der Waals surface area (Å²) in [7, 11) is 0. The topological polar surface area (TPSA) is 78.9 Å². The van der Waals surface area contributed by atoms with Gasteiger partial charge in [-0.25, -0.2) is 0 Å². The quantitative estimate of drug-likeness (QED) is 0.0261. The number of esters is 3. The monoisotopic (exact) mass is 1050 g/mol. The Morgan fingerprint density at radius 2 is 0.513 bits per heavy atom. The van der Waals surface area contributed by atoms with Crippen molar-refractivity contribution in [2.75, 3.05) is 13.2 Å². The van der Waals surface area contributed by atoms with E-state index in [9.17, 15) is 14.4 Å². The number of hydrogen-bond acceptors (Lipinski definition) is 6. The van der Waals surface area contributed by atoms with Gasteiger partial charge in [-0.15, -0.1) is 0 Å². The number of allylic oxidation sites excluding steroid dienone is 20. The maximum Gasteiger partial charge on any atom is 0.306 e. The Morgan fingerprint density at radius 3 is 0.803 bits per heavy atom. The third-order valence-electron chi connectivity index (χ3n) is 13.2. The predicted octanol–water partition coefficient (Wildman–Crippen LogP) is 21.6. The fourth-order valence-electron chi connectivity index (χ4n) is 8.53. The molecular formula is C70H116O6. The zero-order valence-electron chi connectivity index (χ0n) is 49.5. The summed E-state index contributed by atoms with van der Waals surface area (Å²) < 4.78 is 16.8. The third-order valence-corrected chi connectivity index (χ3v) is 13.2. The van der Waals surface area contributed by atoms with Crippen molar-refractivity contribution in [3.63, 3.8) is 0 Å². The van der Waals surface area contributed by atoms with Crippen LogP contribution in [0.4, 0.5) is 0 Å². The molecule has 0 aromatic rings. The van der Waals surface area contributed by atoms with Crippen LogP contribution in [0.1, 0.15) is 284 Å². The first-order valence-corrected chi connectivity index (χ1v) is 31.5. The van der Waals surface area contributed by atoms with Crippen molar-refractivity contribution in [3.8, 4) is 0 Å². The molecule has 432 valence electrons. The molecule has 0 saturated carbocycles. The minimum Gasteiger partial charge on any atom is -0.462 e. The fourth-order valence-corrected chi connectivity index (χ4v) is 8.53. The van der Waals surface area contributed by atoms with Crippen molar-refractivity contribution in [1.29, 1.82) is 0 Å². The van der Waals surface area contributed by atoms with Gasteiger partial charge in [-0.3, -0.25) is 14.4 Å². The lowest BCUT2D eigenvalue weighted by Crippen LogP contribution is -2.30. The van der Waals surface area contributed by atoms with E-state index in [2.05, 4.69) is 142 Å². The van der Waals surface area contributed by atoms with Gasteiger partial charge in [-0.2, -0.15) is 0 Å². The van der Waals surface area contributed by atoms with Crippen LogP contribution < -0.4 is 0 Å². The van der Waals surface area contributed by atoms with E-state index in [-0.39, 0.29) is 31.1 Å². The second-order valence-electron chi connectivity index (χ2n) is 20.6. The van der Waals surface area contributed by atoms with Crippen LogP contribution in [0, 0.1) is 0 Å². The number of ether oxygens (including phenoxy) is 3. The average Bonchev–Trinajstić information content (AvgIpc) is 3.42. The molecule has 0 aliphatic carbocycles. The van der Waals surface area contributed by atoms with Crippen LogP contribution in [0.3, 0.4) is 0 Å². The van der Waals surface area contributed by atoms with E-state index in [1.165, 1.54) is 109 Å². The Labute approximate surface area is 469 Å². The minimum atomic E-state index is -0.786. The summed E-state index contributed by atoms with van der Waals surface area (Å²) in [4.78, 5) is 38.1. The average molecular weight is 1050 g/mol. The molecule has 0 saturated heterocycles. The number of carbonyl (C=O) groups is 3. The molecule has 0 N–H and O–H groups in total. The molecule has 0 aromatic carbocycles. The molecule has 1 unspecified atom stereocenters. The molecule has 0 heterocycles. The number of hydrogen-bond donors (Lipinski definition) is 0. The Morgan fingerprint density at radius 1 is 0.276 bits per heavy atom. The Hall–Kier alpha value is -4.19. The van der Waals surface area contributed by atoms with E-state index in [0.29, 0.717) is 19.3 Å². The number of rotatable bonds is 56. The van der Waals surface area contributed by atoms with Crippen LogP contribution in [0.5, 0.6) is 0 Å². The van der Waals surface area contributed by atoms with Crippen LogP contribution in [0.2, 0.25) is 0 Å². The van der Waals surface area contributed by atoms with Crippen molar-refractivity contribution in [3.05, 3.63) is 122 Å². The zero-order valence-corrected chi connectivity index (χ0v) is 49.5. The molecule has 0 aliphatic rings. The van der Waals surface area contributed by atoms with Crippen molar-refractivity contribution >= 4 is 17.9 Å². The van der Waals surface area contributed by atoms with E-state index in [1.807, 2.05) is 0 Å². The van der Waals surface area contributed by atoms with Gasteiger partial charge in [-0.1, -0.05) is 290 Å². The van der Waals surface area contributed by atoms with Crippen LogP contribution >= 0.6 is 0 Å². The predicted molar refractivity (Wildman–Crippen MR) is 330 cm³/mol. The van der Waals surface area contributed by atoms with Gasteiger partial charge in [-0.05, 0) is 96.3 Å². The Balaban J connectivity index is 4.22. The summed E-state index contributed by atoms with van der Waals surface area (Å²) >= 11 is 0. The van der Waals surface area contributed by atoms with Gasteiger partial charge < -0.3 is 14.2 Å².